The number of ether oxygens (including phenoxy) is 1. The van der Waals surface area contributed by atoms with Gasteiger partial charge in [0.1, 0.15) is 11.8 Å². The molecule has 2 amide bonds. The molecule has 3 aromatic rings. The van der Waals surface area contributed by atoms with Crippen molar-refractivity contribution in [3.8, 4) is 5.75 Å². The van der Waals surface area contributed by atoms with Crippen molar-refractivity contribution in [3.63, 3.8) is 0 Å². The number of halogens is 1. The Morgan fingerprint density at radius 1 is 1.00 bits per heavy atom. The maximum Gasteiger partial charge on any atom is 0.261 e. The molecule has 0 saturated heterocycles. The first-order valence-corrected chi connectivity index (χ1v) is 12.3. The zero-order chi connectivity index (χ0) is 23.6. The fraction of sp³-hybridized carbons (Fsp3) is 0.333. The molecule has 174 valence electrons. The Hall–Kier alpha value is -2.86. The van der Waals surface area contributed by atoms with Gasteiger partial charge in [0.2, 0.25) is 5.91 Å². The lowest BCUT2D eigenvalue weighted by Crippen LogP contribution is -2.51. The number of nitrogens with zero attached hydrogens (tertiary/aromatic N) is 1. The van der Waals surface area contributed by atoms with E-state index >= 15 is 0 Å². The lowest BCUT2D eigenvalue weighted by Gasteiger charge is -2.30. The highest BCUT2D eigenvalue weighted by molar-refractivity contribution is 9.10. The Morgan fingerprint density at radius 2 is 1.73 bits per heavy atom. The largest absolute Gasteiger partial charge is 0.483 e. The van der Waals surface area contributed by atoms with E-state index in [1.807, 2.05) is 80.6 Å². The second kappa shape index (κ2) is 12.4. The van der Waals surface area contributed by atoms with Crippen LogP contribution in [-0.4, -0.2) is 42.5 Å². The van der Waals surface area contributed by atoms with Gasteiger partial charge < -0.3 is 15.0 Å². The molecule has 0 aliphatic heterocycles. The monoisotopic (exact) mass is 510 g/mol. The number of fused-ring (bicyclic) bond motifs is 1. The topological polar surface area (TPSA) is 58.6 Å². The first-order valence-electron chi connectivity index (χ1n) is 11.5. The number of carbonyl (C=O) groups excluding carboxylic acids is 2. The van der Waals surface area contributed by atoms with E-state index in [0.717, 1.165) is 27.2 Å². The van der Waals surface area contributed by atoms with E-state index in [1.165, 1.54) is 0 Å². The number of amides is 2. The van der Waals surface area contributed by atoms with Crippen molar-refractivity contribution in [3.05, 3.63) is 76.8 Å². The van der Waals surface area contributed by atoms with Crippen LogP contribution >= 0.6 is 15.9 Å². The van der Waals surface area contributed by atoms with Crippen LogP contribution in [0.25, 0.3) is 10.8 Å². The Kier molecular flexibility index (Phi) is 9.31. The van der Waals surface area contributed by atoms with E-state index in [9.17, 15) is 9.59 Å². The van der Waals surface area contributed by atoms with E-state index in [-0.39, 0.29) is 18.4 Å². The van der Waals surface area contributed by atoms with Crippen molar-refractivity contribution < 1.29 is 14.3 Å². The van der Waals surface area contributed by atoms with E-state index in [1.54, 1.807) is 4.90 Å². The van der Waals surface area contributed by atoms with Gasteiger partial charge in [0.05, 0.1) is 4.47 Å². The second-order valence-corrected chi connectivity index (χ2v) is 8.72. The molecular weight excluding hydrogens is 480 g/mol. The summed E-state index contributed by atoms with van der Waals surface area (Å²) in [4.78, 5) is 27.8. The van der Waals surface area contributed by atoms with Crippen molar-refractivity contribution in [1.82, 2.24) is 10.2 Å². The molecule has 0 aliphatic rings. The van der Waals surface area contributed by atoms with Gasteiger partial charge in [0.25, 0.3) is 5.91 Å². The summed E-state index contributed by atoms with van der Waals surface area (Å²) in [5, 5.41) is 5.05. The standard InChI is InChI=1S/C27H31BrN2O3/c1-3-17-29-27(32)23(4-2)30(18-16-20-10-6-5-7-11-20)25(31)19-33-24-15-14-21-12-8-9-13-22(21)26(24)28/h5-15,23H,3-4,16-19H2,1-2H3,(H,29,32)/t23-/m0/s1. The molecule has 0 fully saturated rings. The smallest absolute Gasteiger partial charge is 0.261 e. The van der Waals surface area contributed by atoms with Gasteiger partial charge in [-0.25, -0.2) is 0 Å². The predicted molar refractivity (Wildman–Crippen MR) is 136 cm³/mol. The van der Waals surface area contributed by atoms with Crippen LogP contribution in [0.3, 0.4) is 0 Å². The number of nitrogens with one attached hydrogen (secondary N) is 1. The van der Waals surface area contributed by atoms with Crippen LogP contribution in [0.5, 0.6) is 5.75 Å². The maximum absolute atomic E-state index is 13.3. The number of benzene rings is 3. The maximum atomic E-state index is 13.3. The summed E-state index contributed by atoms with van der Waals surface area (Å²) in [5.74, 6) is 0.283. The molecule has 3 aromatic carbocycles. The molecule has 0 aromatic heterocycles. The van der Waals surface area contributed by atoms with Crippen LogP contribution in [0.4, 0.5) is 0 Å². The van der Waals surface area contributed by atoms with Crippen molar-refractivity contribution >= 4 is 38.5 Å². The van der Waals surface area contributed by atoms with Gasteiger partial charge >= 0.3 is 0 Å². The summed E-state index contributed by atoms with van der Waals surface area (Å²) < 4.78 is 6.74. The zero-order valence-electron chi connectivity index (χ0n) is 19.2. The summed E-state index contributed by atoms with van der Waals surface area (Å²) in [6.07, 6.45) is 2.05. The Balaban J connectivity index is 1.75. The van der Waals surface area contributed by atoms with Crippen LogP contribution in [0.1, 0.15) is 32.3 Å². The Morgan fingerprint density at radius 3 is 2.45 bits per heavy atom. The molecular formula is C27H31BrN2O3. The highest BCUT2D eigenvalue weighted by Gasteiger charge is 2.28. The molecule has 0 radical (unpaired) electrons. The molecule has 3 rings (SSSR count). The fourth-order valence-electron chi connectivity index (χ4n) is 3.81. The third-order valence-electron chi connectivity index (χ3n) is 5.60. The SMILES string of the molecule is CCCNC(=O)[C@H](CC)N(CCc1ccccc1)C(=O)COc1ccc2ccccc2c1Br. The molecule has 0 aliphatic carbocycles. The lowest BCUT2D eigenvalue weighted by molar-refractivity contribution is -0.142. The highest BCUT2D eigenvalue weighted by atomic mass is 79.9. The highest BCUT2D eigenvalue weighted by Crippen LogP contribution is 2.33. The summed E-state index contributed by atoms with van der Waals surface area (Å²) in [6, 6.07) is 21.3. The average molecular weight is 511 g/mol. The van der Waals surface area contributed by atoms with Crippen molar-refractivity contribution in [2.24, 2.45) is 0 Å². The molecule has 5 nitrogen and oxygen atoms in total. The van der Waals surface area contributed by atoms with Crippen LogP contribution < -0.4 is 10.1 Å². The molecule has 0 saturated carbocycles. The van der Waals surface area contributed by atoms with Crippen molar-refractivity contribution in [2.45, 2.75) is 39.2 Å². The average Bonchev–Trinajstić information content (AvgIpc) is 2.85. The zero-order valence-corrected chi connectivity index (χ0v) is 20.8. The molecule has 33 heavy (non-hydrogen) atoms. The predicted octanol–water partition coefficient (Wildman–Crippen LogP) is 5.36. The van der Waals surface area contributed by atoms with Gasteiger partial charge in [-0.2, -0.15) is 0 Å². The van der Waals surface area contributed by atoms with Gasteiger partial charge in [-0.15, -0.1) is 0 Å². The molecule has 0 spiro atoms. The van der Waals surface area contributed by atoms with E-state index in [2.05, 4.69) is 21.2 Å². The number of rotatable bonds is 11. The summed E-state index contributed by atoms with van der Waals surface area (Å²) in [6.45, 7) is 4.84. The molecule has 1 N–H and O–H groups in total. The Labute approximate surface area is 204 Å². The normalized spacial score (nSPS) is 11.7. The van der Waals surface area contributed by atoms with Crippen molar-refractivity contribution in [2.75, 3.05) is 19.7 Å². The first-order chi connectivity index (χ1) is 16.0. The van der Waals surface area contributed by atoms with Crippen molar-refractivity contribution in [1.29, 1.82) is 0 Å². The second-order valence-electron chi connectivity index (χ2n) is 7.93. The van der Waals surface area contributed by atoms with Crippen LogP contribution in [0.2, 0.25) is 0 Å². The molecule has 1 atom stereocenters. The summed E-state index contributed by atoms with van der Waals surface area (Å²) >= 11 is 3.61. The Bertz CT molecular complexity index is 1070. The van der Waals surface area contributed by atoms with Gasteiger partial charge in [-0.05, 0) is 57.6 Å². The van der Waals surface area contributed by atoms with E-state index in [4.69, 9.17) is 4.74 Å². The molecule has 0 bridgehead atoms. The van der Waals surface area contributed by atoms with Gasteiger partial charge in [0.15, 0.2) is 6.61 Å². The van der Waals surface area contributed by atoms with Crippen LogP contribution in [0, 0.1) is 0 Å². The van der Waals surface area contributed by atoms with Gasteiger partial charge in [-0.1, -0.05) is 74.5 Å². The van der Waals surface area contributed by atoms with E-state index in [0.29, 0.717) is 31.7 Å². The minimum atomic E-state index is -0.531. The first kappa shape index (κ1) is 24.8. The quantitative estimate of drug-likeness (QED) is 0.377. The number of hydrogen-bond acceptors (Lipinski definition) is 3. The minimum absolute atomic E-state index is 0.118. The third kappa shape index (κ3) is 6.57. The molecule has 0 heterocycles. The van der Waals surface area contributed by atoms with Gasteiger partial charge in [-0.3, -0.25) is 9.59 Å². The fourth-order valence-corrected chi connectivity index (χ4v) is 4.42. The number of carbonyl (C=O) groups is 2. The van der Waals surface area contributed by atoms with E-state index < -0.39 is 6.04 Å². The number of hydrogen-bond donors (Lipinski definition) is 1. The van der Waals surface area contributed by atoms with Gasteiger partial charge in [0, 0.05) is 13.1 Å². The summed E-state index contributed by atoms with van der Waals surface area (Å²) in [5.41, 5.74) is 1.12. The molecule has 0 unspecified atom stereocenters. The summed E-state index contributed by atoms with van der Waals surface area (Å²) in [7, 11) is 0. The van der Waals surface area contributed by atoms with Crippen LogP contribution in [0.15, 0.2) is 71.2 Å². The minimum Gasteiger partial charge on any atom is -0.483 e. The molecule has 6 heteroatoms. The lowest BCUT2D eigenvalue weighted by atomic mass is 10.1. The van der Waals surface area contributed by atoms with Crippen LogP contribution in [-0.2, 0) is 16.0 Å². The third-order valence-corrected chi connectivity index (χ3v) is 6.42.